The first-order chi connectivity index (χ1) is 22.1. The maximum Gasteiger partial charge on any atom is 0.416 e. The Morgan fingerprint density at radius 2 is 1.70 bits per heavy atom. The van der Waals surface area contributed by atoms with Crippen LogP contribution in [0.4, 0.5) is 19.0 Å². The molecular formula is C32H41F3N8O3S. The van der Waals surface area contributed by atoms with E-state index in [1.807, 2.05) is 40.4 Å². The van der Waals surface area contributed by atoms with E-state index in [-0.39, 0.29) is 24.2 Å². The molecule has 5 heterocycles. The monoisotopic (exact) mass is 674 g/mol. The molecule has 2 aliphatic rings. The molecule has 1 aromatic carbocycles. The second-order valence-corrected chi connectivity index (χ2v) is 15.1. The molecule has 0 aliphatic carbocycles. The van der Waals surface area contributed by atoms with Crippen LogP contribution in [-0.2, 0) is 42.8 Å². The zero-order chi connectivity index (χ0) is 33.8. The number of hydrogen-bond donors (Lipinski definition) is 0. The Kier molecular flexibility index (Phi) is 8.76. The van der Waals surface area contributed by atoms with Crippen LogP contribution in [0, 0.1) is 5.92 Å². The Hall–Kier alpha value is -3.69. The molecule has 0 saturated carbocycles. The number of imidazole rings is 1. The van der Waals surface area contributed by atoms with Gasteiger partial charge in [0.25, 0.3) is 0 Å². The average Bonchev–Trinajstić information content (AvgIpc) is 3.50. The van der Waals surface area contributed by atoms with E-state index >= 15 is 0 Å². The maximum absolute atomic E-state index is 13.3. The minimum absolute atomic E-state index is 0.0462. The number of halogens is 3. The van der Waals surface area contributed by atoms with Crippen molar-refractivity contribution in [2.45, 2.75) is 51.5 Å². The van der Waals surface area contributed by atoms with E-state index in [1.54, 1.807) is 11.6 Å². The molecule has 15 heteroatoms. The van der Waals surface area contributed by atoms with E-state index in [4.69, 9.17) is 10.1 Å². The quantitative estimate of drug-likeness (QED) is 0.279. The first kappa shape index (κ1) is 33.2. The summed E-state index contributed by atoms with van der Waals surface area (Å²) in [5, 5.41) is 4.86. The minimum atomic E-state index is -4.45. The average molecular weight is 675 g/mol. The number of sulfonamides is 1. The zero-order valence-corrected chi connectivity index (χ0v) is 28.1. The fourth-order valence-electron chi connectivity index (χ4n) is 6.91. The lowest BCUT2D eigenvalue weighted by Gasteiger charge is -2.34. The van der Waals surface area contributed by atoms with Crippen LogP contribution in [-0.4, -0.2) is 88.1 Å². The Bertz CT molecular complexity index is 1940. The summed E-state index contributed by atoms with van der Waals surface area (Å²) in [6, 6.07) is 8.79. The van der Waals surface area contributed by atoms with Gasteiger partial charge >= 0.3 is 11.9 Å². The summed E-state index contributed by atoms with van der Waals surface area (Å²) in [6.07, 6.45) is -1.19. The fourth-order valence-corrected chi connectivity index (χ4v) is 7.69. The van der Waals surface area contributed by atoms with Crippen LogP contribution in [0.3, 0.4) is 0 Å². The number of rotatable bonds is 8. The van der Waals surface area contributed by atoms with E-state index in [0.29, 0.717) is 36.4 Å². The number of pyridine rings is 1. The van der Waals surface area contributed by atoms with Crippen molar-refractivity contribution >= 4 is 27.0 Å². The molecule has 47 heavy (non-hydrogen) atoms. The molecule has 11 nitrogen and oxygen atoms in total. The number of fused-ring (bicyclic) bond motifs is 2. The van der Waals surface area contributed by atoms with E-state index in [2.05, 4.69) is 11.8 Å². The predicted molar refractivity (Wildman–Crippen MR) is 175 cm³/mol. The van der Waals surface area contributed by atoms with Crippen molar-refractivity contribution < 1.29 is 21.6 Å². The Morgan fingerprint density at radius 1 is 1.02 bits per heavy atom. The third-order valence-corrected chi connectivity index (χ3v) is 10.7. The van der Waals surface area contributed by atoms with Gasteiger partial charge in [0.15, 0.2) is 5.65 Å². The number of benzene rings is 1. The van der Waals surface area contributed by atoms with Crippen molar-refractivity contribution in [3.63, 3.8) is 0 Å². The van der Waals surface area contributed by atoms with Gasteiger partial charge in [0.1, 0.15) is 5.82 Å². The topological polar surface area (TPSA) is 102 Å². The lowest BCUT2D eigenvalue weighted by molar-refractivity contribution is -0.137. The van der Waals surface area contributed by atoms with Crippen LogP contribution in [0.15, 0.2) is 41.2 Å². The van der Waals surface area contributed by atoms with E-state index in [9.17, 15) is 26.4 Å². The summed E-state index contributed by atoms with van der Waals surface area (Å²) in [5.41, 5.74) is 3.41. The summed E-state index contributed by atoms with van der Waals surface area (Å²) in [4.78, 5) is 22.4. The van der Waals surface area contributed by atoms with Crippen molar-refractivity contribution in [1.29, 1.82) is 0 Å². The van der Waals surface area contributed by atoms with Gasteiger partial charge in [0, 0.05) is 89.7 Å². The summed E-state index contributed by atoms with van der Waals surface area (Å²) in [6.45, 7) is 5.63. The second kappa shape index (κ2) is 12.4. The molecule has 1 fully saturated rings. The molecule has 0 bridgehead atoms. The molecule has 6 rings (SSSR count). The first-order valence-electron chi connectivity index (χ1n) is 15.8. The van der Waals surface area contributed by atoms with Gasteiger partial charge in [0.2, 0.25) is 10.0 Å². The molecule has 3 aromatic heterocycles. The van der Waals surface area contributed by atoms with E-state index < -0.39 is 21.8 Å². The van der Waals surface area contributed by atoms with Gasteiger partial charge in [-0.3, -0.25) is 13.8 Å². The van der Waals surface area contributed by atoms with Crippen molar-refractivity contribution in [2.75, 3.05) is 51.4 Å². The van der Waals surface area contributed by atoms with Crippen LogP contribution in [0.5, 0.6) is 0 Å². The number of nitrogens with zero attached hydrogens (tertiary/aromatic N) is 8. The van der Waals surface area contributed by atoms with Gasteiger partial charge in [-0.2, -0.15) is 22.6 Å². The fraction of sp³-hybridized carbons (Fsp3) is 0.531. The van der Waals surface area contributed by atoms with Gasteiger partial charge in [-0.25, -0.2) is 18.2 Å². The number of anilines is 1. The second-order valence-electron chi connectivity index (χ2n) is 13.1. The van der Waals surface area contributed by atoms with Crippen molar-refractivity contribution in [3.8, 4) is 11.3 Å². The Balaban J connectivity index is 1.17. The SMILES string of the molecule is C[C@@H](CN1CCC(n2c(=O)n(C)c3ccc(N(C)C)nc32)CC1)Cn1nc(-c2ccc(C(F)(F)F)cc2)c2c1CCN(S(C)(=O)=O)C2. The van der Waals surface area contributed by atoms with Crippen molar-refractivity contribution in [1.82, 2.24) is 33.1 Å². The highest BCUT2D eigenvalue weighted by Crippen LogP contribution is 2.35. The molecule has 2 aliphatic heterocycles. The highest BCUT2D eigenvalue weighted by Gasteiger charge is 2.33. The third-order valence-electron chi connectivity index (χ3n) is 9.41. The van der Waals surface area contributed by atoms with Gasteiger partial charge in [-0.05, 0) is 43.0 Å². The molecule has 0 amide bonds. The summed E-state index contributed by atoms with van der Waals surface area (Å²) in [7, 11) is 2.18. The summed E-state index contributed by atoms with van der Waals surface area (Å²) in [5.74, 6) is 0.989. The molecular weight excluding hydrogens is 633 g/mol. The van der Waals surface area contributed by atoms with Gasteiger partial charge < -0.3 is 9.80 Å². The van der Waals surface area contributed by atoms with E-state index in [0.717, 1.165) is 67.2 Å². The molecule has 254 valence electrons. The smallest absolute Gasteiger partial charge is 0.363 e. The molecule has 0 radical (unpaired) electrons. The van der Waals surface area contributed by atoms with Crippen LogP contribution in [0.1, 0.15) is 42.6 Å². The minimum Gasteiger partial charge on any atom is -0.363 e. The van der Waals surface area contributed by atoms with Crippen LogP contribution >= 0.6 is 0 Å². The lowest BCUT2D eigenvalue weighted by Crippen LogP contribution is -2.40. The standard InChI is InChI=1S/C32H41F3N8O3S/c1-21(18-40-15-12-24(13-16-40)43-30-27(39(4)31(43)44)10-11-28(36-30)38(2)3)19-42-26-14-17-41(47(5,45)46)20-25(26)29(37-42)22-6-8-23(9-7-22)32(33,34)35/h6-11,21,24H,12-20H2,1-5H3/t21-/m0/s1. The number of likely N-dealkylation sites (tertiary alicyclic amines) is 1. The van der Waals surface area contributed by atoms with Crippen LogP contribution in [0.2, 0.25) is 0 Å². The van der Waals surface area contributed by atoms with Gasteiger partial charge in [-0.15, -0.1) is 0 Å². The number of aromatic nitrogens is 5. The molecule has 0 N–H and O–H groups in total. The number of hydrogen-bond acceptors (Lipinski definition) is 7. The number of piperidine rings is 1. The summed E-state index contributed by atoms with van der Waals surface area (Å²) < 4.78 is 71.3. The maximum atomic E-state index is 13.3. The highest BCUT2D eigenvalue weighted by atomic mass is 32.2. The molecule has 1 saturated heterocycles. The van der Waals surface area contributed by atoms with Crippen molar-refractivity contribution in [2.24, 2.45) is 13.0 Å². The number of alkyl halides is 3. The molecule has 0 unspecified atom stereocenters. The van der Waals surface area contributed by atoms with E-state index in [1.165, 1.54) is 22.7 Å². The number of aryl methyl sites for hydroxylation is 1. The molecule has 1 atom stereocenters. The van der Waals surface area contributed by atoms with Gasteiger partial charge in [0.05, 0.1) is 23.0 Å². The largest absolute Gasteiger partial charge is 0.416 e. The van der Waals surface area contributed by atoms with Crippen LogP contribution in [0.25, 0.3) is 22.4 Å². The zero-order valence-electron chi connectivity index (χ0n) is 27.3. The summed E-state index contributed by atoms with van der Waals surface area (Å²) >= 11 is 0. The van der Waals surface area contributed by atoms with Crippen molar-refractivity contribution in [3.05, 3.63) is 63.7 Å². The Labute approximate surface area is 272 Å². The van der Waals surface area contributed by atoms with Gasteiger partial charge in [-0.1, -0.05) is 19.1 Å². The first-order valence-corrected chi connectivity index (χ1v) is 17.7. The molecule has 4 aromatic rings. The van der Waals surface area contributed by atoms with Crippen LogP contribution < -0.4 is 10.6 Å². The highest BCUT2D eigenvalue weighted by molar-refractivity contribution is 7.88. The lowest BCUT2D eigenvalue weighted by atomic mass is 10.0. The Morgan fingerprint density at radius 3 is 2.32 bits per heavy atom. The predicted octanol–water partition coefficient (Wildman–Crippen LogP) is 3.97. The normalized spacial score (nSPS) is 17.7. The molecule has 0 spiro atoms. The third kappa shape index (κ3) is 6.57.